The summed E-state index contributed by atoms with van der Waals surface area (Å²) in [6.45, 7) is 5.04. The van der Waals surface area contributed by atoms with Crippen LogP contribution in [0.5, 0.6) is 0 Å². The number of hydrogen-bond acceptors (Lipinski definition) is 7. The Bertz CT molecular complexity index is 1520. The Kier molecular flexibility index (Phi) is 9.31. The number of carbonyl (C=O) groups is 1. The number of rotatable bonds is 11. The molecule has 1 aliphatic rings. The molecule has 5 rings (SSSR count). The van der Waals surface area contributed by atoms with Crippen molar-refractivity contribution in [3.8, 4) is 0 Å². The minimum Gasteiger partial charge on any atom is -0.385 e. The summed E-state index contributed by atoms with van der Waals surface area (Å²) in [5, 5.41) is 14.3. The Balaban J connectivity index is 1.41. The molecule has 0 aliphatic carbocycles. The predicted molar refractivity (Wildman–Crippen MR) is 160 cm³/mol. The second-order valence-corrected chi connectivity index (χ2v) is 10.4. The van der Waals surface area contributed by atoms with E-state index in [1.165, 1.54) is 19.2 Å². The van der Waals surface area contributed by atoms with Gasteiger partial charge in [0.05, 0.1) is 11.1 Å². The van der Waals surface area contributed by atoms with Gasteiger partial charge in [0.25, 0.3) is 5.91 Å². The number of fused-ring (bicyclic) bond motifs is 1. The van der Waals surface area contributed by atoms with Gasteiger partial charge in [-0.1, -0.05) is 6.07 Å². The molecule has 0 bridgehead atoms. The van der Waals surface area contributed by atoms with Crippen molar-refractivity contribution in [2.24, 2.45) is 0 Å². The number of H-pyrrole nitrogens is 1. The summed E-state index contributed by atoms with van der Waals surface area (Å²) in [5.74, 6) is -1.35. The van der Waals surface area contributed by atoms with Crippen molar-refractivity contribution in [2.75, 3.05) is 76.1 Å². The maximum atomic E-state index is 13.9. The molecule has 222 valence electrons. The summed E-state index contributed by atoms with van der Waals surface area (Å²) in [6.07, 6.45) is 0.0713. The number of likely N-dealkylation sites (N-methyl/N-ethyl adjacent to an activating group) is 1. The number of aromatic amines is 1. The highest BCUT2D eigenvalue weighted by atomic mass is 19.1. The van der Waals surface area contributed by atoms with E-state index in [1.807, 2.05) is 18.2 Å². The van der Waals surface area contributed by atoms with Crippen LogP contribution in [0.15, 0.2) is 54.6 Å². The largest absolute Gasteiger partial charge is 0.385 e. The molecule has 1 saturated heterocycles. The van der Waals surface area contributed by atoms with Crippen LogP contribution < -0.4 is 15.5 Å². The van der Waals surface area contributed by atoms with Gasteiger partial charge in [-0.3, -0.25) is 9.89 Å². The molecule has 11 heteroatoms. The molecule has 1 aliphatic heterocycles. The van der Waals surface area contributed by atoms with Crippen molar-refractivity contribution in [1.29, 1.82) is 0 Å². The number of hydrogen-bond donors (Lipinski definition) is 3. The fourth-order valence-corrected chi connectivity index (χ4v) is 5.23. The van der Waals surface area contributed by atoms with Gasteiger partial charge in [-0.15, -0.1) is 0 Å². The van der Waals surface area contributed by atoms with Crippen LogP contribution in [-0.4, -0.2) is 81.6 Å². The van der Waals surface area contributed by atoms with Gasteiger partial charge in [0.1, 0.15) is 17.7 Å². The molecule has 1 amide bonds. The van der Waals surface area contributed by atoms with Crippen LogP contribution >= 0.6 is 0 Å². The van der Waals surface area contributed by atoms with E-state index in [0.717, 1.165) is 50.0 Å². The molecule has 4 aromatic rings. The third kappa shape index (κ3) is 6.70. The molecule has 9 nitrogen and oxygen atoms in total. The van der Waals surface area contributed by atoms with E-state index in [2.05, 4.69) is 37.7 Å². The van der Waals surface area contributed by atoms with Crippen molar-refractivity contribution in [1.82, 2.24) is 15.1 Å². The molecule has 3 aromatic carbocycles. The third-order valence-electron chi connectivity index (χ3n) is 7.50. The number of ether oxygens (including phenoxy) is 2. The maximum absolute atomic E-state index is 13.9. The number of piperazine rings is 1. The first-order chi connectivity index (χ1) is 20.4. The molecule has 0 radical (unpaired) electrons. The number of benzene rings is 3. The van der Waals surface area contributed by atoms with Crippen LogP contribution in [0.1, 0.15) is 34.0 Å². The number of nitrogens with one attached hydrogen (secondary N) is 3. The van der Waals surface area contributed by atoms with Gasteiger partial charge in [-0.2, -0.15) is 5.10 Å². The molecule has 0 saturated carbocycles. The summed E-state index contributed by atoms with van der Waals surface area (Å²) in [6, 6.07) is 14.5. The van der Waals surface area contributed by atoms with Gasteiger partial charge < -0.3 is 29.9 Å². The third-order valence-corrected chi connectivity index (χ3v) is 7.50. The minimum atomic E-state index is -0.719. The van der Waals surface area contributed by atoms with Crippen LogP contribution in [0, 0.1) is 11.6 Å². The van der Waals surface area contributed by atoms with Crippen LogP contribution in [-0.2, 0) is 9.47 Å². The fraction of sp³-hybridized carbons (Fsp3) is 0.355. The molecule has 1 unspecified atom stereocenters. The predicted octanol–water partition coefficient (Wildman–Crippen LogP) is 5.03. The molecule has 2 heterocycles. The van der Waals surface area contributed by atoms with Crippen LogP contribution in [0.25, 0.3) is 10.9 Å². The Morgan fingerprint density at radius 3 is 2.48 bits per heavy atom. The zero-order valence-corrected chi connectivity index (χ0v) is 24.0. The Hall–Kier alpha value is -4.06. The lowest BCUT2D eigenvalue weighted by molar-refractivity contribution is 0.102. The Labute approximate surface area is 243 Å². The van der Waals surface area contributed by atoms with E-state index in [0.29, 0.717) is 46.6 Å². The van der Waals surface area contributed by atoms with Gasteiger partial charge in [0.15, 0.2) is 5.82 Å². The summed E-state index contributed by atoms with van der Waals surface area (Å²) in [7, 11) is 5.26. The normalized spacial score (nSPS) is 14.7. The zero-order valence-electron chi connectivity index (χ0n) is 24.0. The number of nitrogens with zero attached hydrogens (tertiary/aromatic N) is 3. The fourth-order valence-electron chi connectivity index (χ4n) is 5.23. The van der Waals surface area contributed by atoms with E-state index in [4.69, 9.17) is 9.47 Å². The van der Waals surface area contributed by atoms with Gasteiger partial charge >= 0.3 is 0 Å². The SMILES string of the molecule is COCCCNc1cc(N2CCN(C)CC2)ccc1C(=O)Nc1n[nH]c2ccc(C(OC)c3cc(F)cc(F)c3)cc12. The standard InChI is InChI=1S/C31H36F2N6O3/c1-38-10-12-39(13-11-38)24-6-7-25(28(19-24)34-9-4-14-41-2)31(40)35-30-26-17-20(5-8-27(26)36-37-30)29(42-3)21-15-22(32)18-23(33)16-21/h5-8,15-19,29,34H,4,9-14H2,1-3H3,(H2,35,36,37,40). The van der Waals surface area contributed by atoms with E-state index >= 15 is 0 Å². The number of methoxy groups -OCH3 is 2. The number of anilines is 3. The van der Waals surface area contributed by atoms with E-state index in [-0.39, 0.29) is 5.91 Å². The van der Waals surface area contributed by atoms with Crippen molar-refractivity contribution >= 4 is 34.0 Å². The van der Waals surface area contributed by atoms with E-state index in [9.17, 15) is 13.6 Å². The quantitative estimate of drug-likeness (QED) is 0.215. The van der Waals surface area contributed by atoms with E-state index in [1.54, 1.807) is 25.3 Å². The second kappa shape index (κ2) is 13.3. The first kappa shape index (κ1) is 29.4. The Morgan fingerprint density at radius 1 is 1.00 bits per heavy atom. The molecule has 1 fully saturated rings. The molecule has 3 N–H and O–H groups in total. The van der Waals surface area contributed by atoms with Crippen molar-refractivity contribution in [2.45, 2.75) is 12.5 Å². The van der Waals surface area contributed by atoms with Crippen LogP contribution in [0.4, 0.5) is 26.0 Å². The summed E-state index contributed by atoms with van der Waals surface area (Å²) in [5.41, 5.74) is 3.97. The van der Waals surface area contributed by atoms with E-state index < -0.39 is 17.7 Å². The molecule has 1 atom stereocenters. The minimum absolute atomic E-state index is 0.316. The van der Waals surface area contributed by atoms with Gasteiger partial charge in [0, 0.05) is 76.4 Å². The highest BCUT2D eigenvalue weighted by Crippen LogP contribution is 2.32. The molecular weight excluding hydrogens is 542 g/mol. The van der Waals surface area contributed by atoms with Crippen molar-refractivity contribution in [3.63, 3.8) is 0 Å². The second-order valence-electron chi connectivity index (χ2n) is 10.4. The Morgan fingerprint density at radius 2 is 1.76 bits per heavy atom. The highest BCUT2D eigenvalue weighted by molar-refractivity contribution is 6.11. The number of aromatic nitrogens is 2. The average molecular weight is 579 g/mol. The lowest BCUT2D eigenvalue weighted by Gasteiger charge is -2.34. The summed E-state index contributed by atoms with van der Waals surface area (Å²) >= 11 is 0. The number of halogens is 2. The number of carbonyl (C=O) groups excluding carboxylic acids is 1. The highest BCUT2D eigenvalue weighted by Gasteiger charge is 2.21. The summed E-state index contributed by atoms with van der Waals surface area (Å²) in [4.78, 5) is 18.2. The van der Waals surface area contributed by atoms with Gasteiger partial charge in [-0.05, 0) is 67.1 Å². The average Bonchev–Trinajstić information content (AvgIpc) is 3.37. The molecule has 1 aromatic heterocycles. The zero-order chi connectivity index (χ0) is 29.6. The lowest BCUT2D eigenvalue weighted by atomic mass is 9.99. The molecule has 42 heavy (non-hydrogen) atoms. The lowest BCUT2D eigenvalue weighted by Crippen LogP contribution is -2.44. The smallest absolute Gasteiger partial charge is 0.258 e. The van der Waals surface area contributed by atoms with Crippen LogP contribution in [0.3, 0.4) is 0 Å². The molecular formula is C31H36F2N6O3. The monoisotopic (exact) mass is 578 g/mol. The van der Waals surface area contributed by atoms with Crippen molar-refractivity contribution in [3.05, 3.63) is 82.9 Å². The van der Waals surface area contributed by atoms with Crippen molar-refractivity contribution < 1.29 is 23.0 Å². The first-order valence-electron chi connectivity index (χ1n) is 13.9. The maximum Gasteiger partial charge on any atom is 0.258 e. The van der Waals surface area contributed by atoms with Gasteiger partial charge in [0.2, 0.25) is 0 Å². The molecule has 0 spiro atoms. The number of amides is 1. The van der Waals surface area contributed by atoms with Crippen LogP contribution in [0.2, 0.25) is 0 Å². The summed E-state index contributed by atoms with van der Waals surface area (Å²) < 4.78 is 38.7. The first-order valence-corrected chi connectivity index (χ1v) is 13.9. The topological polar surface area (TPSA) is 94.8 Å². The van der Waals surface area contributed by atoms with Gasteiger partial charge in [-0.25, -0.2) is 8.78 Å².